The highest BCUT2D eigenvalue weighted by Gasteiger charge is 2.28. The van der Waals surface area contributed by atoms with Gasteiger partial charge < -0.3 is 9.47 Å². The Hall–Kier alpha value is -2.89. The minimum atomic E-state index is -0.494. The van der Waals surface area contributed by atoms with Crippen LogP contribution in [0.25, 0.3) is 6.08 Å². The minimum absolute atomic E-state index is 0.189. The number of esters is 1. The van der Waals surface area contributed by atoms with Crippen LogP contribution < -0.4 is 9.47 Å². The maximum Gasteiger partial charge on any atom is 0.343 e. The molecule has 0 saturated carbocycles. The highest BCUT2D eigenvalue weighted by atomic mass is 79.9. The first-order valence-corrected chi connectivity index (χ1v) is 9.48. The number of fused-ring (bicyclic) bond motifs is 1. The average Bonchev–Trinajstić information content (AvgIpc) is 2.97. The predicted octanol–water partition coefficient (Wildman–Crippen LogP) is 5.94. The van der Waals surface area contributed by atoms with Gasteiger partial charge in [0, 0.05) is 15.6 Å². The molecule has 0 bridgehead atoms. The first-order valence-electron chi connectivity index (χ1n) is 8.31. The fraction of sp³-hybridized carbons (Fsp3) is 0. The number of allylic oxidation sites excluding steroid dienone is 1. The van der Waals surface area contributed by atoms with Crippen LogP contribution in [-0.4, -0.2) is 11.8 Å². The van der Waals surface area contributed by atoms with E-state index in [2.05, 4.69) is 15.9 Å². The Bertz CT molecular complexity index is 1120. The van der Waals surface area contributed by atoms with Gasteiger partial charge in [0.25, 0.3) is 0 Å². The predicted molar refractivity (Wildman–Crippen MR) is 110 cm³/mol. The molecule has 0 saturated heterocycles. The Morgan fingerprint density at radius 1 is 1.04 bits per heavy atom. The summed E-state index contributed by atoms with van der Waals surface area (Å²) in [6, 6.07) is 18.6. The highest BCUT2D eigenvalue weighted by Crippen LogP contribution is 2.35. The normalized spacial score (nSPS) is 13.9. The maximum atomic E-state index is 12.5. The quantitative estimate of drug-likeness (QED) is 0.279. The Labute approximate surface area is 174 Å². The van der Waals surface area contributed by atoms with Crippen molar-refractivity contribution in [3.05, 3.63) is 98.7 Å². The molecule has 0 unspecified atom stereocenters. The molecule has 1 aliphatic rings. The molecule has 0 fully saturated rings. The Morgan fingerprint density at radius 2 is 1.82 bits per heavy atom. The summed E-state index contributed by atoms with van der Waals surface area (Å²) < 4.78 is 11.9. The van der Waals surface area contributed by atoms with E-state index in [1.54, 1.807) is 60.7 Å². The van der Waals surface area contributed by atoms with Crippen LogP contribution in [0.1, 0.15) is 26.3 Å². The minimum Gasteiger partial charge on any atom is -0.452 e. The topological polar surface area (TPSA) is 52.6 Å². The third-order valence-corrected chi connectivity index (χ3v) is 4.84. The molecule has 0 amide bonds. The van der Waals surface area contributed by atoms with Gasteiger partial charge in [0.2, 0.25) is 5.78 Å². The summed E-state index contributed by atoms with van der Waals surface area (Å²) in [5.74, 6) is 0.101. The molecule has 6 heteroatoms. The first kappa shape index (κ1) is 18.5. The molecule has 0 aliphatic carbocycles. The van der Waals surface area contributed by atoms with Gasteiger partial charge in [-0.25, -0.2) is 4.79 Å². The molecular weight excluding hydrogens is 444 g/mol. The van der Waals surface area contributed by atoms with Crippen molar-refractivity contribution in [3.8, 4) is 11.5 Å². The average molecular weight is 456 g/mol. The summed E-state index contributed by atoms with van der Waals surface area (Å²) >= 11 is 9.30. The number of carbonyl (C=O) groups excluding carboxylic acids is 2. The largest absolute Gasteiger partial charge is 0.452 e. The lowest BCUT2D eigenvalue weighted by molar-refractivity contribution is 0.0734. The summed E-state index contributed by atoms with van der Waals surface area (Å²) in [5, 5.41) is 0.569. The molecule has 1 aliphatic heterocycles. The summed E-state index contributed by atoms with van der Waals surface area (Å²) in [6.07, 6.45) is 1.63. The number of ether oxygens (including phenoxy) is 2. The van der Waals surface area contributed by atoms with Crippen molar-refractivity contribution >= 4 is 45.4 Å². The summed E-state index contributed by atoms with van der Waals surface area (Å²) in [7, 11) is 0. The number of halogens is 2. The molecule has 138 valence electrons. The smallest absolute Gasteiger partial charge is 0.343 e. The van der Waals surface area contributed by atoms with Crippen LogP contribution >= 0.6 is 27.5 Å². The fourth-order valence-electron chi connectivity index (χ4n) is 2.73. The van der Waals surface area contributed by atoms with Gasteiger partial charge in [0.15, 0.2) is 5.76 Å². The van der Waals surface area contributed by atoms with E-state index in [0.717, 1.165) is 10.0 Å². The summed E-state index contributed by atoms with van der Waals surface area (Å²) in [6.45, 7) is 0. The number of benzene rings is 3. The lowest BCUT2D eigenvalue weighted by atomic mass is 10.1. The van der Waals surface area contributed by atoms with Gasteiger partial charge >= 0.3 is 5.97 Å². The molecular formula is C22H12BrClO4. The zero-order chi connectivity index (χ0) is 19.7. The summed E-state index contributed by atoms with van der Waals surface area (Å²) in [5.41, 5.74) is 1.59. The standard InChI is InChI=1S/C22H12BrClO4/c23-15-6-4-14(5-7-15)22(26)27-17-8-9-18-19(12-17)28-20(21(18)25)11-13-2-1-3-16(24)10-13/h1-12H/b20-11-. The molecule has 0 radical (unpaired) electrons. The van der Waals surface area contributed by atoms with Crippen molar-refractivity contribution in [2.24, 2.45) is 0 Å². The molecule has 28 heavy (non-hydrogen) atoms. The molecule has 4 rings (SSSR count). The van der Waals surface area contributed by atoms with Crippen molar-refractivity contribution in [1.82, 2.24) is 0 Å². The number of Topliss-reactive ketones (excluding diaryl/α,β-unsaturated/α-hetero) is 1. The lowest BCUT2D eigenvalue weighted by Gasteiger charge is -2.06. The molecule has 0 spiro atoms. The number of ketones is 1. The van der Waals surface area contributed by atoms with Gasteiger partial charge in [0.05, 0.1) is 11.1 Å². The van der Waals surface area contributed by atoms with Crippen LogP contribution in [0.5, 0.6) is 11.5 Å². The maximum absolute atomic E-state index is 12.5. The second-order valence-electron chi connectivity index (χ2n) is 6.05. The molecule has 4 nitrogen and oxygen atoms in total. The van der Waals surface area contributed by atoms with Gasteiger partial charge in [-0.1, -0.05) is 39.7 Å². The van der Waals surface area contributed by atoms with E-state index in [-0.39, 0.29) is 11.5 Å². The first-order chi connectivity index (χ1) is 13.5. The van der Waals surface area contributed by atoms with Crippen molar-refractivity contribution in [3.63, 3.8) is 0 Å². The van der Waals surface area contributed by atoms with E-state index in [9.17, 15) is 9.59 Å². The van der Waals surface area contributed by atoms with Gasteiger partial charge in [-0.05, 0) is 60.2 Å². The van der Waals surface area contributed by atoms with Crippen molar-refractivity contribution in [1.29, 1.82) is 0 Å². The third-order valence-electron chi connectivity index (χ3n) is 4.08. The lowest BCUT2D eigenvalue weighted by Crippen LogP contribution is -2.08. The van der Waals surface area contributed by atoms with Crippen molar-refractivity contribution < 1.29 is 19.1 Å². The van der Waals surface area contributed by atoms with Crippen LogP contribution in [-0.2, 0) is 0 Å². The number of rotatable bonds is 3. The number of carbonyl (C=O) groups is 2. The molecule has 0 atom stereocenters. The van der Waals surface area contributed by atoms with E-state index in [0.29, 0.717) is 27.6 Å². The summed E-state index contributed by atoms with van der Waals surface area (Å²) in [4.78, 5) is 24.8. The van der Waals surface area contributed by atoms with Gasteiger partial charge in [-0.2, -0.15) is 0 Å². The van der Waals surface area contributed by atoms with E-state index in [1.165, 1.54) is 6.07 Å². The molecule has 1 heterocycles. The highest BCUT2D eigenvalue weighted by molar-refractivity contribution is 9.10. The third kappa shape index (κ3) is 3.86. The fourth-order valence-corrected chi connectivity index (χ4v) is 3.19. The molecule has 0 N–H and O–H groups in total. The zero-order valence-corrected chi connectivity index (χ0v) is 16.7. The Kier molecular flexibility index (Phi) is 5.03. The van der Waals surface area contributed by atoms with Crippen molar-refractivity contribution in [2.75, 3.05) is 0 Å². The van der Waals surface area contributed by atoms with E-state index in [1.807, 2.05) is 6.07 Å². The van der Waals surface area contributed by atoms with E-state index < -0.39 is 5.97 Å². The van der Waals surface area contributed by atoms with E-state index in [4.69, 9.17) is 21.1 Å². The number of hydrogen-bond acceptors (Lipinski definition) is 4. The van der Waals surface area contributed by atoms with Gasteiger partial charge in [-0.15, -0.1) is 0 Å². The Morgan fingerprint density at radius 3 is 2.57 bits per heavy atom. The molecule has 3 aromatic carbocycles. The van der Waals surface area contributed by atoms with Crippen LogP contribution in [0.3, 0.4) is 0 Å². The van der Waals surface area contributed by atoms with Crippen LogP contribution in [0.2, 0.25) is 5.02 Å². The number of hydrogen-bond donors (Lipinski definition) is 0. The molecule has 3 aromatic rings. The Balaban J connectivity index is 1.55. The molecule has 0 aromatic heterocycles. The van der Waals surface area contributed by atoms with Crippen LogP contribution in [0, 0.1) is 0 Å². The van der Waals surface area contributed by atoms with Crippen molar-refractivity contribution in [2.45, 2.75) is 0 Å². The van der Waals surface area contributed by atoms with Gasteiger partial charge in [-0.3, -0.25) is 4.79 Å². The van der Waals surface area contributed by atoms with Crippen LogP contribution in [0.15, 0.2) is 77.0 Å². The monoisotopic (exact) mass is 454 g/mol. The SMILES string of the molecule is O=C(Oc1ccc2c(c1)O/C(=C\c1cccc(Cl)c1)C2=O)c1ccc(Br)cc1. The second-order valence-corrected chi connectivity index (χ2v) is 7.40. The van der Waals surface area contributed by atoms with Crippen LogP contribution in [0.4, 0.5) is 0 Å². The van der Waals surface area contributed by atoms with Gasteiger partial charge in [0.1, 0.15) is 11.5 Å². The second kappa shape index (κ2) is 7.62. The zero-order valence-electron chi connectivity index (χ0n) is 14.3. The van der Waals surface area contributed by atoms with E-state index >= 15 is 0 Å².